The standard InChI is InChI=1S/C21H28N2O7S/c1-14(20(24)22-15-5-2-3-6-15)30-21(25)17-7-4-10-23(17)31(26,27)16-8-9-18-19(13-16)29-12-11-28-18/h8-9,13-15,17H,2-7,10-12H2,1H3,(H,22,24). The number of hydrogen-bond acceptors (Lipinski definition) is 7. The van der Waals surface area contributed by atoms with Crippen molar-refractivity contribution in [2.24, 2.45) is 0 Å². The van der Waals surface area contributed by atoms with E-state index in [2.05, 4.69) is 5.32 Å². The first kappa shape index (κ1) is 21.9. The fourth-order valence-electron chi connectivity index (χ4n) is 4.28. The van der Waals surface area contributed by atoms with Crippen molar-refractivity contribution in [2.75, 3.05) is 19.8 Å². The molecule has 1 aromatic carbocycles. The zero-order valence-corrected chi connectivity index (χ0v) is 18.4. The number of benzene rings is 1. The smallest absolute Gasteiger partial charge is 0.325 e. The maximum Gasteiger partial charge on any atom is 0.325 e. The summed E-state index contributed by atoms with van der Waals surface area (Å²) in [5.41, 5.74) is 0. The molecule has 170 valence electrons. The molecule has 1 saturated carbocycles. The molecule has 3 aliphatic rings. The summed E-state index contributed by atoms with van der Waals surface area (Å²) in [6, 6.07) is 3.58. The Labute approximate surface area is 182 Å². The van der Waals surface area contributed by atoms with Crippen molar-refractivity contribution in [3.8, 4) is 11.5 Å². The van der Waals surface area contributed by atoms with Crippen LogP contribution in [-0.4, -0.2) is 62.5 Å². The Morgan fingerprint density at radius 3 is 2.55 bits per heavy atom. The predicted molar refractivity (Wildman–Crippen MR) is 110 cm³/mol. The van der Waals surface area contributed by atoms with Crippen molar-refractivity contribution in [1.29, 1.82) is 0 Å². The second kappa shape index (κ2) is 9.04. The summed E-state index contributed by atoms with van der Waals surface area (Å²) in [6.07, 6.45) is 3.91. The van der Waals surface area contributed by atoms with E-state index in [9.17, 15) is 18.0 Å². The Hall–Kier alpha value is -2.33. The lowest BCUT2D eigenvalue weighted by atomic mass is 10.2. The van der Waals surface area contributed by atoms with Crippen molar-refractivity contribution in [3.05, 3.63) is 18.2 Å². The van der Waals surface area contributed by atoms with Crippen LogP contribution in [0.25, 0.3) is 0 Å². The summed E-state index contributed by atoms with van der Waals surface area (Å²) in [7, 11) is -3.94. The molecule has 31 heavy (non-hydrogen) atoms. The SMILES string of the molecule is CC(OC(=O)C1CCCN1S(=O)(=O)c1ccc2c(c1)OCCO2)C(=O)NC1CCCC1. The van der Waals surface area contributed by atoms with E-state index in [1.165, 1.54) is 19.1 Å². The lowest BCUT2D eigenvalue weighted by Crippen LogP contribution is -2.45. The molecule has 10 heteroatoms. The number of rotatable bonds is 6. The lowest BCUT2D eigenvalue weighted by molar-refractivity contribution is -0.158. The molecule has 9 nitrogen and oxygen atoms in total. The molecule has 2 heterocycles. The Bertz CT molecular complexity index is 943. The fraction of sp³-hybridized carbons (Fsp3) is 0.619. The van der Waals surface area contributed by atoms with Crippen LogP contribution in [0.3, 0.4) is 0 Å². The highest BCUT2D eigenvalue weighted by molar-refractivity contribution is 7.89. The Balaban J connectivity index is 1.44. The molecular formula is C21H28N2O7S. The number of carbonyl (C=O) groups is 2. The molecule has 0 bridgehead atoms. The van der Waals surface area contributed by atoms with Gasteiger partial charge < -0.3 is 19.5 Å². The third-order valence-corrected chi connectivity index (χ3v) is 7.86. The molecule has 1 aliphatic carbocycles. The molecule has 0 spiro atoms. The van der Waals surface area contributed by atoms with Crippen LogP contribution in [0, 0.1) is 0 Å². The van der Waals surface area contributed by atoms with Gasteiger partial charge in [-0.25, -0.2) is 8.42 Å². The minimum absolute atomic E-state index is 0.0310. The highest BCUT2D eigenvalue weighted by Gasteiger charge is 2.41. The average molecular weight is 453 g/mol. The van der Waals surface area contributed by atoms with E-state index in [0.29, 0.717) is 37.6 Å². The first-order chi connectivity index (χ1) is 14.9. The zero-order chi connectivity index (χ0) is 22.0. The third-order valence-electron chi connectivity index (χ3n) is 5.96. The number of fused-ring (bicyclic) bond motifs is 1. The van der Waals surface area contributed by atoms with Gasteiger partial charge in [-0.3, -0.25) is 9.59 Å². The lowest BCUT2D eigenvalue weighted by Gasteiger charge is -2.25. The minimum atomic E-state index is -3.94. The van der Waals surface area contributed by atoms with Crippen molar-refractivity contribution < 1.29 is 32.2 Å². The largest absolute Gasteiger partial charge is 0.486 e. The van der Waals surface area contributed by atoms with Crippen LogP contribution in [0.2, 0.25) is 0 Å². The van der Waals surface area contributed by atoms with Crippen LogP contribution in [0.4, 0.5) is 0 Å². The van der Waals surface area contributed by atoms with Gasteiger partial charge in [0.25, 0.3) is 5.91 Å². The summed E-state index contributed by atoms with van der Waals surface area (Å²) in [5.74, 6) is -0.195. The number of nitrogens with one attached hydrogen (secondary N) is 1. The number of ether oxygens (including phenoxy) is 3. The first-order valence-electron chi connectivity index (χ1n) is 10.8. The third kappa shape index (κ3) is 4.64. The van der Waals surface area contributed by atoms with Crippen LogP contribution in [-0.2, 0) is 24.3 Å². The number of esters is 1. The van der Waals surface area contributed by atoms with E-state index in [4.69, 9.17) is 14.2 Å². The molecule has 1 saturated heterocycles. The number of amides is 1. The topological polar surface area (TPSA) is 111 Å². The molecule has 0 aromatic heterocycles. The van der Waals surface area contributed by atoms with Crippen molar-refractivity contribution in [1.82, 2.24) is 9.62 Å². The van der Waals surface area contributed by atoms with Crippen LogP contribution in [0.5, 0.6) is 11.5 Å². The number of hydrogen-bond donors (Lipinski definition) is 1. The monoisotopic (exact) mass is 452 g/mol. The second-order valence-corrected chi connectivity index (χ2v) is 10.0. The highest BCUT2D eigenvalue weighted by Crippen LogP contribution is 2.35. The molecule has 1 amide bonds. The van der Waals surface area contributed by atoms with E-state index >= 15 is 0 Å². The van der Waals surface area contributed by atoms with Gasteiger partial charge in [0.15, 0.2) is 17.6 Å². The normalized spacial score (nSPS) is 22.8. The van der Waals surface area contributed by atoms with Gasteiger partial charge in [0.1, 0.15) is 19.3 Å². The van der Waals surface area contributed by atoms with Gasteiger partial charge in [0, 0.05) is 18.7 Å². The van der Waals surface area contributed by atoms with Crippen LogP contribution in [0.1, 0.15) is 45.4 Å². The molecule has 2 fully saturated rings. The van der Waals surface area contributed by atoms with Gasteiger partial charge in [-0.05, 0) is 44.7 Å². The van der Waals surface area contributed by atoms with Crippen LogP contribution in [0.15, 0.2) is 23.1 Å². The first-order valence-corrected chi connectivity index (χ1v) is 12.2. The van der Waals surface area contributed by atoms with Crippen molar-refractivity contribution in [3.63, 3.8) is 0 Å². The van der Waals surface area contributed by atoms with Crippen LogP contribution >= 0.6 is 0 Å². The maximum atomic E-state index is 13.2. The van der Waals surface area contributed by atoms with Gasteiger partial charge >= 0.3 is 5.97 Å². The van der Waals surface area contributed by atoms with E-state index in [0.717, 1.165) is 30.0 Å². The average Bonchev–Trinajstić information content (AvgIpc) is 3.45. The molecule has 2 aliphatic heterocycles. The summed E-state index contributed by atoms with van der Waals surface area (Å²) >= 11 is 0. The van der Waals surface area contributed by atoms with Crippen LogP contribution < -0.4 is 14.8 Å². The Morgan fingerprint density at radius 1 is 1.10 bits per heavy atom. The zero-order valence-electron chi connectivity index (χ0n) is 17.5. The quantitative estimate of drug-likeness (QED) is 0.653. The summed E-state index contributed by atoms with van der Waals surface area (Å²) in [6.45, 7) is 2.47. The minimum Gasteiger partial charge on any atom is -0.486 e. The Morgan fingerprint density at radius 2 is 1.81 bits per heavy atom. The molecule has 2 unspecified atom stereocenters. The summed E-state index contributed by atoms with van der Waals surface area (Å²) in [4.78, 5) is 25.1. The van der Waals surface area contributed by atoms with Gasteiger partial charge in [0.05, 0.1) is 4.90 Å². The highest BCUT2D eigenvalue weighted by atomic mass is 32.2. The van der Waals surface area contributed by atoms with E-state index in [-0.39, 0.29) is 23.4 Å². The van der Waals surface area contributed by atoms with E-state index < -0.39 is 28.1 Å². The molecule has 4 rings (SSSR count). The van der Waals surface area contributed by atoms with Crippen molar-refractivity contribution in [2.45, 2.75) is 68.5 Å². The second-order valence-electron chi connectivity index (χ2n) is 8.15. The maximum absolute atomic E-state index is 13.2. The molecule has 1 N–H and O–H groups in total. The fourth-order valence-corrected chi connectivity index (χ4v) is 5.94. The molecule has 0 radical (unpaired) electrons. The molecule has 1 aromatic rings. The Kier molecular flexibility index (Phi) is 6.38. The number of carbonyl (C=O) groups excluding carboxylic acids is 2. The number of nitrogens with zero attached hydrogens (tertiary/aromatic N) is 1. The summed E-state index contributed by atoms with van der Waals surface area (Å²) < 4.78 is 43.9. The van der Waals surface area contributed by atoms with E-state index in [1.54, 1.807) is 6.07 Å². The summed E-state index contributed by atoms with van der Waals surface area (Å²) in [5, 5.41) is 2.90. The van der Waals surface area contributed by atoms with Gasteiger partial charge in [-0.2, -0.15) is 4.31 Å². The molecule has 2 atom stereocenters. The van der Waals surface area contributed by atoms with Gasteiger partial charge in [-0.1, -0.05) is 12.8 Å². The van der Waals surface area contributed by atoms with Gasteiger partial charge in [-0.15, -0.1) is 0 Å². The number of sulfonamides is 1. The predicted octanol–water partition coefficient (Wildman–Crippen LogP) is 1.60. The van der Waals surface area contributed by atoms with Crippen molar-refractivity contribution >= 4 is 21.9 Å². The molecular weight excluding hydrogens is 424 g/mol. The van der Waals surface area contributed by atoms with Gasteiger partial charge in [0.2, 0.25) is 10.0 Å². The van der Waals surface area contributed by atoms with E-state index in [1.807, 2.05) is 0 Å².